The predicted molar refractivity (Wildman–Crippen MR) is 113 cm³/mol. The summed E-state index contributed by atoms with van der Waals surface area (Å²) in [5.74, 6) is 2.39. The van der Waals surface area contributed by atoms with Gasteiger partial charge in [0.25, 0.3) is 0 Å². The van der Waals surface area contributed by atoms with E-state index in [0.717, 1.165) is 17.9 Å². The second kappa shape index (κ2) is 8.92. The fourth-order valence-electron chi connectivity index (χ4n) is 3.99. The summed E-state index contributed by atoms with van der Waals surface area (Å²) >= 11 is 0. The van der Waals surface area contributed by atoms with E-state index in [1.54, 1.807) is 24.1 Å². The number of piperidine rings is 1. The Morgan fingerprint density at radius 3 is 2.48 bits per heavy atom. The van der Waals surface area contributed by atoms with Crippen LogP contribution in [0.4, 0.5) is 0 Å². The molecule has 4 rings (SSSR count). The van der Waals surface area contributed by atoms with Gasteiger partial charge in [0.2, 0.25) is 15.9 Å². The molecular weight excluding hydrogens is 420 g/mol. The Balaban J connectivity index is 1.38. The number of carbonyl (C=O) groups excluding carboxylic acids is 1. The van der Waals surface area contributed by atoms with Crippen molar-refractivity contribution in [1.82, 2.24) is 9.21 Å². The molecule has 2 aliphatic heterocycles. The zero-order valence-corrected chi connectivity index (χ0v) is 18.7. The number of hydrogen-bond acceptors (Lipinski definition) is 6. The van der Waals surface area contributed by atoms with Gasteiger partial charge in [0.05, 0.1) is 24.7 Å². The molecule has 0 radical (unpaired) electrons. The van der Waals surface area contributed by atoms with Gasteiger partial charge in [0.1, 0.15) is 11.5 Å². The number of aryl methyl sites for hydroxylation is 1. The Hall–Kier alpha value is -2.52. The van der Waals surface area contributed by atoms with Crippen molar-refractivity contribution in [2.45, 2.75) is 37.6 Å². The van der Waals surface area contributed by atoms with E-state index >= 15 is 0 Å². The lowest BCUT2D eigenvalue weighted by molar-refractivity contribution is -0.136. The summed E-state index contributed by atoms with van der Waals surface area (Å²) in [5.41, 5.74) is 0. The molecule has 1 saturated heterocycles. The van der Waals surface area contributed by atoms with Crippen LogP contribution >= 0.6 is 0 Å². The Morgan fingerprint density at radius 1 is 1.10 bits per heavy atom. The maximum atomic E-state index is 13.1. The Bertz CT molecular complexity index is 1040. The molecule has 0 saturated carbocycles. The van der Waals surface area contributed by atoms with Crippen LogP contribution in [0.3, 0.4) is 0 Å². The molecule has 1 aromatic carbocycles. The highest BCUT2D eigenvalue weighted by molar-refractivity contribution is 7.89. The molecular formula is C22H28N2O6S. The molecule has 0 bridgehead atoms. The Kier molecular flexibility index (Phi) is 6.24. The van der Waals surface area contributed by atoms with Gasteiger partial charge < -0.3 is 18.8 Å². The maximum absolute atomic E-state index is 13.1. The van der Waals surface area contributed by atoms with E-state index in [0.29, 0.717) is 57.2 Å². The van der Waals surface area contributed by atoms with E-state index < -0.39 is 10.0 Å². The van der Waals surface area contributed by atoms with Crippen LogP contribution in [0.2, 0.25) is 0 Å². The fraction of sp³-hybridized carbons (Fsp3) is 0.500. The van der Waals surface area contributed by atoms with Crippen molar-refractivity contribution in [3.63, 3.8) is 0 Å². The smallest absolute Gasteiger partial charge is 0.243 e. The highest BCUT2D eigenvalue weighted by Crippen LogP contribution is 2.34. The minimum atomic E-state index is -3.66. The second-order valence-corrected chi connectivity index (χ2v) is 9.98. The topological polar surface area (TPSA) is 89.3 Å². The standard InChI is InChI=1S/C22H28N2O6S/c1-16-4-5-18(30-16)15-23(2)22(25)17-8-10-24(11-9-17)31(26,27)19-6-7-20-21(14-19)29-13-3-12-28-20/h4-7,14,17H,3,8-13,15H2,1-2H3. The van der Waals surface area contributed by atoms with Gasteiger partial charge in [-0.15, -0.1) is 0 Å². The van der Waals surface area contributed by atoms with Gasteiger partial charge in [-0.3, -0.25) is 4.79 Å². The summed E-state index contributed by atoms with van der Waals surface area (Å²) in [7, 11) is -1.91. The van der Waals surface area contributed by atoms with Crippen LogP contribution in [-0.4, -0.2) is 56.9 Å². The van der Waals surface area contributed by atoms with E-state index in [2.05, 4.69) is 0 Å². The summed E-state index contributed by atoms with van der Waals surface area (Å²) in [4.78, 5) is 14.7. The van der Waals surface area contributed by atoms with Crippen molar-refractivity contribution in [3.05, 3.63) is 41.9 Å². The Labute approximate surface area is 182 Å². The Morgan fingerprint density at radius 2 is 1.81 bits per heavy atom. The lowest BCUT2D eigenvalue weighted by atomic mass is 9.96. The lowest BCUT2D eigenvalue weighted by Crippen LogP contribution is -2.43. The van der Waals surface area contributed by atoms with Crippen molar-refractivity contribution in [1.29, 1.82) is 0 Å². The molecule has 2 aromatic rings. The average Bonchev–Trinajstić information content (AvgIpc) is 3.03. The highest BCUT2D eigenvalue weighted by Gasteiger charge is 2.34. The fourth-order valence-corrected chi connectivity index (χ4v) is 5.48. The van der Waals surface area contributed by atoms with Gasteiger partial charge in [0, 0.05) is 38.5 Å². The monoisotopic (exact) mass is 448 g/mol. The van der Waals surface area contributed by atoms with Crippen LogP contribution in [0, 0.1) is 12.8 Å². The van der Waals surface area contributed by atoms with Crippen LogP contribution in [0.1, 0.15) is 30.8 Å². The normalized spacial score (nSPS) is 17.9. The summed E-state index contributed by atoms with van der Waals surface area (Å²) in [6.07, 6.45) is 1.74. The molecule has 3 heterocycles. The summed E-state index contributed by atoms with van der Waals surface area (Å²) in [6, 6.07) is 8.47. The van der Waals surface area contributed by atoms with Crippen LogP contribution in [-0.2, 0) is 21.4 Å². The number of hydrogen-bond donors (Lipinski definition) is 0. The van der Waals surface area contributed by atoms with E-state index in [-0.39, 0.29) is 16.7 Å². The molecule has 1 amide bonds. The first-order chi connectivity index (χ1) is 14.8. The maximum Gasteiger partial charge on any atom is 0.243 e. The molecule has 1 fully saturated rings. The summed E-state index contributed by atoms with van der Waals surface area (Å²) in [6.45, 7) is 3.93. The van der Waals surface area contributed by atoms with Crippen molar-refractivity contribution < 1.29 is 27.1 Å². The third kappa shape index (κ3) is 4.72. The molecule has 0 N–H and O–H groups in total. The quantitative estimate of drug-likeness (QED) is 0.699. The molecule has 2 aliphatic rings. The van der Waals surface area contributed by atoms with E-state index in [9.17, 15) is 13.2 Å². The number of furan rings is 1. The minimum absolute atomic E-state index is 0.0154. The first-order valence-electron chi connectivity index (χ1n) is 10.5. The van der Waals surface area contributed by atoms with Gasteiger partial charge in [-0.25, -0.2) is 8.42 Å². The zero-order valence-electron chi connectivity index (χ0n) is 17.9. The number of sulfonamides is 1. The first-order valence-corrected chi connectivity index (χ1v) is 12.0. The van der Waals surface area contributed by atoms with Gasteiger partial charge in [-0.05, 0) is 44.0 Å². The third-order valence-corrected chi connectivity index (χ3v) is 7.62. The zero-order chi connectivity index (χ0) is 22.0. The molecule has 31 heavy (non-hydrogen) atoms. The van der Waals surface area contributed by atoms with Gasteiger partial charge in [0.15, 0.2) is 11.5 Å². The molecule has 0 aliphatic carbocycles. The van der Waals surface area contributed by atoms with Gasteiger partial charge in [-0.2, -0.15) is 4.31 Å². The number of carbonyl (C=O) groups is 1. The minimum Gasteiger partial charge on any atom is -0.490 e. The van der Waals surface area contributed by atoms with Crippen LogP contribution in [0.15, 0.2) is 39.6 Å². The van der Waals surface area contributed by atoms with Gasteiger partial charge >= 0.3 is 0 Å². The van der Waals surface area contributed by atoms with E-state index in [1.165, 1.54) is 10.4 Å². The van der Waals surface area contributed by atoms with E-state index in [1.807, 2.05) is 19.1 Å². The first kappa shape index (κ1) is 21.7. The summed E-state index contributed by atoms with van der Waals surface area (Å²) in [5, 5.41) is 0. The highest BCUT2D eigenvalue weighted by atomic mass is 32.2. The van der Waals surface area contributed by atoms with Crippen LogP contribution in [0.5, 0.6) is 11.5 Å². The molecule has 8 nitrogen and oxygen atoms in total. The summed E-state index contributed by atoms with van der Waals surface area (Å²) < 4.78 is 44.5. The molecule has 0 unspecified atom stereocenters. The number of nitrogens with zero attached hydrogens (tertiary/aromatic N) is 2. The number of rotatable bonds is 5. The van der Waals surface area contributed by atoms with Crippen LogP contribution in [0.25, 0.3) is 0 Å². The largest absolute Gasteiger partial charge is 0.490 e. The second-order valence-electron chi connectivity index (χ2n) is 8.04. The number of amides is 1. The van der Waals surface area contributed by atoms with Crippen LogP contribution < -0.4 is 9.47 Å². The molecule has 168 valence electrons. The van der Waals surface area contributed by atoms with Crippen molar-refractivity contribution in [2.75, 3.05) is 33.4 Å². The number of benzene rings is 1. The predicted octanol–water partition coefficient (Wildman–Crippen LogP) is 2.81. The number of fused-ring (bicyclic) bond motifs is 1. The molecule has 0 atom stereocenters. The molecule has 1 aromatic heterocycles. The number of ether oxygens (including phenoxy) is 2. The van der Waals surface area contributed by atoms with E-state index in [4.69, 9.17) is 13.9 Å². The molecule has 0 spiro atoms. The van der Waals surface area contributed by atoms with Crippen molar-refractivity contribution >= 4 is 15.9 Å². The van der Waals surface area contributed by atoms with Crippen molar-refractivity contribution in [3.8, 4) is 11.5 Å². The SMILES string of the molecule is Cc1ccc(CN(C)C(=O)C2CCN(S(=O)(=O)c3ccc4c(c3)OCCCO4)CC2)o1. The third-order valence-electron chi connectivity index (χ3n) is 5.73. The average molecular weight is 449 g/mol. The van der Waals surface area contributed by atoms with Gasteiger partial charge in [-0.1, -0.05) is 0 Å². The lowest BCUT2D eigenvalue weighted by Gasteiger charge is -2.32. The molecule has 9 heteroatoms. The van der Waals surface area contributed by atoms with Crippen molar-refractivity contribution in [2.24, 2.45) is 5.92 Å².